The monoisotopic (exact) mass is 374 g/mol. The smallest absolute Gasteiger partial charge is 0.748 e. The van der Waals surface area contributed by atoms with E-state index in [0.717, 1.165) is 25.7 Å². The molecule has 23 heavy (non-hydrogen) atoms. The zero-order valence-electron chi connectivity index (χ0n) is 15.3. The molecule has 1 unspecified atom stereocenters. The number of aliphatic hydroxyl groups excluding tert-OH is 1. The molecule has 0 saturated carbocycles. The average Bonchev–Trinajstić information content (AvgIpc) is 2.44. The zero-order valence-corrected chi connectivity index (χ0v) is 19.2. The SMILES string of the molecule is CCCCCCCCCCCC(O)CCCCCS(=O)(=O)[O-].[K+]. The van der Waals surface area contributed by atoms with Crippen molar-refractivity contribution in [1.29, 1.82) is 0 Å². The normalized spacial score (nSPS) is 12.8. The number of hydrogen-bond donors (Lipinski definition) is 1. The Balaban J connectivity index is 0. The van der Waals surface area contributed by atoms with Gasteiger partial charge in [0.15, 0.2) is 0 Å². The van der Waals surface area contributed by atoms with Crippen LogP contribution in [0.5, 0.6) is 0 Å². The van der Waals surface area contributed by atoms with E-state index in [-0.39, 0.29) is 63.2 Å². The van der Waals surface area contributed by atoms with Crippen LogP contribution in [0.4, 0.5) is 0 Å². The topological polar surface area (TPSA) is 77.4 Å². The summed E-state index contributed by atoms with van der Waals surface area (Å²) in [6, 6.07) is 0. The van der Waals surface area contributed by atoms with Gasteiger partial charge in [0.2, 0.25) is 0 Å². The fraction of sp³-hybridized carbons (Fsp3) is 1.00. The van der Waals surface area contributed by atoms with Crippen molar-refractivity contribution >= 4 is 10.1 Å². The van der Waals surface area contributed by atoms with Gasteiger partial charge in [-0.05, 0) is 19.3 Å². The van der Waals surface area contributed by atoms with Crippen LogP contribution in [0.1, 0.15) is 96.8 Å². The Bertz CT molecular complexity index is 333. The maximum absolute atomic E-state index is 10.4. The third-order valence-corrected chi connectivity index (χ3v) is 4.86. The second-order valence-electron chi connectivity index (χ2n) is 6.38. The second kappa shape index (κ2) is 18.3. The standard InChI is InChI=1S/C17H36O4S.K/c1-2-3-4-5-6-7-8-9-11-14-17(18)15-12-10-13-16-22(19,20)21;/h17-18H,2-16H2,1H3,(H,19,20,21);/q;+1/p-1. The minimum atomic E-state index is -4.07. The molecule has 0 aliphatic heterocycles. The van der Waals surface area contributed by atoms with E-state index >= 15 is 0 Å². The first-order valence-corrected chi connectivity index (χ1v) is 10.6. The molecule has 1 N–H and O–H groups in total. The number of aliphatic hydroxyl groups is 1. The van der Waals surface area contributed by atoms with Gasteiger partial charge in [0, 0.05) is 5.75 Å². The van der Waals surface area contributed by atoms with Crippen LogP contribution in [0.2, 0.25) is 0 Å². The van der Waals surface area contributed by atoms with Crippen molar-refractivity contribution in [3.63, 3.8) is 0 Å². The van der Waals surface area contributed by atoms with Crippen LogP contribution >= 0.6 is 0 Å². The fourth-order valence-electron chi connectivity index (χ4n) is 2.67. The number of unbranched alkanes of at least 4 members (excludes halogenated alkanes) is 10. The molecule has 0 aromatic carbocycles. The number of rotatable bonds is 16. The molecule has 0 bridgehead atoms. The van der Waals surface area contributed by atoms with Gasteiger partial charge in [0.25, 0.3) is 0 Å². The van der Waals surface area contributed by atoms with Crippen LogP contribution in [0, 0.1) is 0 Å². The minimum Gasteiger partial charge on any atom is -0.748 e. The van der Waals surface area contributed by atoms with Crippen LogP contribution in [0.3, 0.4) is 0 Å². The summed E-state index contributed by atoms with van der Waals surface area (Å²) in [7, 11) is -4.07. The summed E-state index contributed by atoms with van der Waals surface area (Å²) >= 11 is 0. The fourth-order valence-corrected chi connectivity index (χ4v) is 3.23. The molecular weight excluding hydrogens is 339 g/mol. The molecule has 134 valence electrons. The van der Waals surface area contributed by atoms with E-state index in [9.17, 15) is 18.1 Å². The molecular formula is C17H35KO4S. The molecule has 0 radical (unpaired) electrons. The van der Waals surface area contributed by atoms with E-state index in [1.54, 1.807) is 0 Å². The Morgan fingerprint density at radius 3 is 1.61 bits per heavy atom. The molecule has 0 heterocycles. The Morgan fingerprint density at radius 1 is 0.783 bits per heavy atom. The van der Waals surface area contributed by atoms with Gasteiger partial charge in [-0.3, -0.25) is 0 Å². The predicted octanol–water partition coefficient (Wildman–Crippen LogP) is 1.38. The van der Waals surface area contributed by atoms with Crippen LogP contribution in [0.15, 0.2) is 0 Å². The average molecular weight is 375 g/mol. The van der Waals surface area contributed by atoms with Crippen LogP contribution in [-0.2, 0) is 10.1 Å². The molecule has 0 fully saturated rings. The van der Waals surface area contributed by atoms with Gasteiger partial charge >= 0.3 is 51.4 Å². The van der Waals surface area contributed by atoms with Crippen molar-refractivity contribution < 1.29 is 69.5 Å². The molecule has 0 aliphatic rings. The van der Waals surface area contributed by atoms with Crippen molar-refractivity contribution in [2.75, 3.05) is 5.75 Å². The summed E-state index contributed by atoms with van der Waals surface area (Å²) in [5, 5.41) is 9.83. The van der Waals surface area contributed by atoms with Crippen LogP contribution in [0.25, 0.3) is 0 Å². The van der Waals surface area contributed by atoms with Crippen LogP contribution < -0.4 is 51.4 Å². The van der Waals surface area contributed by atoms with Crippen molar-refractivity contribution in [2.45, 2.75) is 103 Å². The molecule has 0 rings (SSSR count). The molecule has 0 saturated heterocycles. The van der Waals surface area contributed by atoms with Gasteiger partial charge in [0.05, 0.1) is 16.2 Å². The van der Waals surface area contributed by atoms with Gasteiger partial charge < -0.3 is 9.66 Å². The van der Waals surface area contributed by atoms with Crippen molar-refractivity contribution in [1.82, 2.24) is 0 Å². The minimum absolute atomic E-state index is 0. The Morgan fingerprint density at radius 2 is 1.17 bits per heavy atom. The molecule has 1 atom stereocenters. The molecule has 0 aromatic heterocycles. The summed E-state index contributed by atoms with van der Waals surface area (Å²) in [4.78, 5) is 0. The maximum atomic E-state index is 10.4. The summed E-state index contributed by atoms with van der Waals surface area (Å²) in [6.45, 7) is 2.23. The maximum Gasteiger partial charge on any atom is 1.00 e. The molecule has 0 aromatic rings. The summed E-state index contributed by atoms with van der Waals surface area (Å²) in [5.74, 6) is -0.276. The van der Waals surface area contributed by atoms with Crippen molar-refractivity contribution in [3.05, 3.63) is 0 Å². The van der Waals surface area contributed by atoms with E-state index in [1.165, 1.54) is 51.4 Å². The first-order valence-electron chi connectivity index (χ1n) is 9.07. The van der Waals surface area contributed by atoms with Crippen LogP contribution in [-0.4, -0.2) is 29.9 Å². The van der Waals surface area contributed by atoms with E-state index in [1.807, 2.05) is 0 Å². The van der Waals surface area contributed by atoms with E-state index in [0.29, 0.717) is 12.8 Å². The van der Waals surface area contributed by atoms with Gasteiger partial charge in [-0.2, -0.15) is 0 Å². The summed E-state index contributed by atoms with van der Waals surface area (Å²) < 4.78 is 31.3. The predicted molar refractivity (Wildman–Crippen MR) is 90.9 cm³/mol. The quantitative estimate of drug-likeness (QED) is 0.251. The van der Waals surface area contributed by atoms with E-state index in [4.69, 9.17) is 0 Å². The third kappa shape index (κ3) is 23.5. The van der Waals surface area contributed by atoms with E-state index < -0.39 is 10.1 Å². The first-order chi connectivity index (χ1) is 10.5. The zero-order chi connectivity index (χ0) is 16.7. The van der Waals surface area contributed by atoms with Crippen molar-refractivity contribution in [3.8, 4) is 0 Å². The van der Waals surface area contributed by atoms with Gasteiger partial charge in [-0.15, -0.1) is 0 Å². The van der Waals surface area contributed by atoms with Crippen molar-refractivity contribution in [2.24, 2.45) is 0 Å². The molecule has 0 amide bonds. The molecule has 4 nitrogen and oxygen atoms in total. The molecule has 6 heteroatoms. The Labute approximate surface area is 186 Å². The Hall–Kier alpha value is 1.51. The second-order valence-corrected chi connectivity index (χ2v) is 7.91. The first kappa shape index (κ1) is 26.7. The van der Waals surface area contributed by atoms with Gasteiger partial charge in [0.1, 0.15) is 0 Å². The van der Waals surface area contributed by atoms with Gasteiger partial charge in [-0.1, -0.05) is 77.6 Å². The number of hydrogen-bond acceptors (Lipinski definition) is 4. The summed E-state index contributed by atoms with van der Waals surface area (Å²) in [6.07, 6.45) is 14.8. The third-order valence-electron chi connectivity index (χ3n) is 4.07. The summed E-state index contributed by atoms with van der Waals surface area (Å²) in [5.41, 5.74) is 0. The molecule has 0 spiro atoms. The van der Waals surface area contributed by atoms with E-state index in [2.05, 4.69) is 6.92 Å². The largest absolute Gasteiger partial charge is 1.00 e. The van der Waals surface area contributed by atoms with Gasteiger partial charge in [-0.25, -0.2) is 8.42 Å². The molecule has 0 aliphatic carbocycles. The Kier molecular flexibility index (Phi) is 21.3.